The normalized spacial score (nSPS) is 11.5. The molecule has 0 amide bonds. The Morgan fingerprint density at radius 2 is 0.405 bits per heavy atom. The van der Waals surface area contributed by atoms with Crippen LogP contribution in [0.5, 0.6) is 0 Å². The van der Waals surface area contributed by atoms with Gasteiger partial charge in [-0.05, 0) is 12.8 Å². The van der Waals surface area contributed by atoms with Gasteiger partial charge < -0.3 is 18.9 Å². The van der Waals surface area contributed by atoms with Crippen molar-refractivity contribution >= 4 is 0 Å². The number of ether oxygens (including phenoxy) is 4. The fourth-order valence-electron chi connectivity index (χ4n) is 4.68. The SMILES string of the molecule is CCCCCCCCCCCCCCCOCCOCCOCCOCCCCCCCCCCCC. The molecule has 0 rings (SSSR count). The van der Waals surface area contributed by atoms with E-state index in [9.17, 15) is 0 Å². The van der Waals surface area contributed by atoms with Gasteiger partial charge in [0.1, 0.15) is 0 Å². The van der Waals surface area contributed by atoms with Crippen LogP contribution in [0.4, 0.5) is 0 Å². The van der Waals surface area contributed by atoms with E-state index in [0.717, 1.165) is 13.2 Å². The van der Waals surface area contributed by atoms with Crippen molar-refractivity contribution < 1.29 is 18.9 Å². The predicted molar refractivity (Wildman–Crippen MR) is 161 cm³/mol. The third-order valence-corrected chi connectivity index (χ3v) is 7.15. The molecule has 0 aromatic rings. The molecule has 0 aromatic carbocycles. The maximum absolute atomic E-state index is 5.68. The summed E-state index contributed by atoms with van der Waals surface area (Å²) in [5, 5.41) is 0. The highest BCUT2D eigenvalue weighted by Gasteiger charge is 1.96. The number of rotatable bonds is 34. The van der Waals surface area contributed by atoms with E-state index in [-0.39, 0.29) is 0 Å². The van der Waals surface area contributed by atoms with Crippen molar-refractivity contribution in [1.82, 2.24) is 0 Å². The second-order valence-corrected chi connectivity index (χ2v) is 10.9. The van der Waals surface area contributed by atoms with Crippen LogP contribution in [-0.4, -0.2) is 52.9 Å². The molecule has 0 atom stereocenters. The lowest BCUT2D eigenvalue weighted by molar-refractivity contribution is -0.00248. The highest BCUT2D eigenvalue weighted by atomic mass is 16.6. The van der Waals surface area contributed by atoms with Crippen molar-refractivity contribution in [3.8, 4) is 0 Å². The summed E-state index contributed by atoms with van der Waals surface area (Å²) in [6.07, 6.45) is 31.7. The third kappa shape index (κ3) is 35.8. The molecule has 0 radical (unpaired) electrons. The summed E-state index contributed by atoms with van der Waals surface area (Å²) >= 11 is 0. The van der Waals surface area contributed by atoms with Gasteiger partial charge in [-0.25, -0.2) is 0 Å². The van der Waals surface area contributed by atoms with E-state index in [0.29, 0.717) is 39.6 Å². The fraction of sp³-hybridized carbons (Fsp3) is 1.00. The van der Waals surface area contributed by atoms with Crippen LogP contribution in [0, 0.1) is 0 Å². The van der Waals surface area contributed by atoms with Gasteiger partial charge >= 0.3 is 0 Å². The van der Waals surface area contributed by atoms with Crippen molar-refractivity contribution in [2.45, 2.75) is 162 Å². The zero-order valence-corrected chi connectivity index (χ0v) is 25.6. The average molecular weight is 529 g/mol. The first-order chi connectivity index (χ1) is 18.4. The molecule has 224 valence electrons. The van der Waals surface area contributed by atoms with E-state index in [1.807, 2.05) is 0 Å². The summed E-state index contributed by atoms with van der Waals surface area (Å²) in [4.78, 5) is 0. The summed E-state index contributed by atoms with van der Waals surface area (Å²) in [6, 6.07) is 0. The largest absolute Gasteiger partial charge is 0.379 e. The van der Waals surface area contributed by atoms with Crippen molar-refractivity contribution in [3.63, 3.8) is 0 Å². The van der Waals surface area contributed by atoms with Gasteiger partial charge in [-0.15, -0.1) is 0 Å². The van der Waals surface area contributed by atoms with Crippen LogP contribution in [0.1, 0.15) is 162 Å². The Hall–Kier alpha value is -0.160. The zero-order valence-electron chi connectivity index (χ0n) is 25.6. The van der Waals surface area contributed by atoms with Gasteiger partial charge in [-0.3, -0.25) is 0 Å². The molecule has 0 aliphatic heterocycles. The Balaban J connectivity index is 3.00. The van der Waals surface area contributed by atoms with Gasteiger partial charge in [0, 0.05) is 13.2 Å². The highest BCUT2D eigenvalue weighted by Crippen LogP contribution is 2.13. The van der Waals surface area contributed by atoms with Crippen molar-refractivity contribution in [3.05, 3.63) is 0 Å². The maximum atomic E-state index is 5.68. The Labute approximate surface area is 233 Å². The molecule has 0 aromatic heterocycles. The highest BCUT2D eigenvalue weighted by molar-refractivity contribution is 4.49. The molecule has 0 spiro atoms. The van der Waals surface area contributed by atoms with Crippen LogP contribution in [0.25, 0.3) is 0 Å². The van der Waals surface area contributed by atoms with Crippen LogP contribution in [0.15, 0.2) is 0 Å². The van der Waals surface area contributed by atoms with E-state index in [1.165, 1.54) is 148 Å². The first kappa shape index (κ1) is 36.8. The van der Waals surface area contributed by atoms with E-state index in [1.54, 1.807) is 0 Å². The van der Waals surface area contributed by atoms with Crippen LogP contribution in [-0.2, 0) is 18.9 Å². The molecule has 4 nitrogen and oxygen atoms in total. The smallest absolute Gasteiger partial charge is 0.0701 e. The average Bonchev–Trinajstić information content (AvgIpc) is 2.91. The second-order valence-electron chi connectivity index (χ2n) is 10.9. The minimum absolute atomic E-state index is 0.639. The molecule has 0 fully saturated rings. The van der Waals surface area contributed by atoms with Crippen molar-refractivity contribution in [2.75, 3.05) is 52.9 Å². The number of hydrogen-bond donors (Lipinski definition) is 0. The quantitative estimate of drug-likeness (QED) is 0.0778. The number of unbranched alkanes of at least 4 members (excludes halogenated alkanes) is 21. The molecule has 0 unspecified atom stereocenters. The van der Waals surface area contributed by atoms with Gasteiger partial charge in [0.2, 0.25) is 0 Å². The monoisotopic (exact) mass is 529 g/mol. The summed E-state index contributed by atoms with van der Waals surface area (Å²) in [7, 11) is 0. The van der Waals surface area contributed by atoms with E-state index < -0.39 is 0 Å². The third-order valence-electron chi connectivity index (χ3n) is 7.15. The first-order valence-electron chi connectivity index (χ1n) is 16.7. The Morgan fingerprint density at radius 1 is 0.216 bits per heavy atom. The molecule has 0 saturated carbocycles. The summed E-state index contributed by atoms with van der Waals surface area (Å²) < 4.78 is 22.5. The van der Waals surface area contributed by atoms with Crippen LogP contribution < -0.4 is 0 Å². The fourth-order valence-corrected chi connectivity index (χ4v) is 4.68. The van der Waals surface area contributed by atoms with E-state index in [2.05, 4.69) is 13.8 Å². The van der Waals surface area contributed by atoms with E-state index >= 15 is 0 Å². The second kappa shape index (κ2) is 35.8. The molecule has 0 aliphatic carbocycles. The lowest BCUT2D eigenvalue weighted by Crippen LogP contribution is -2.12. The van der Waals surface area contributed by atoms with Crippen LogP contribution >= 0.6 is 0 Å². The van der Waals surface area contributed by atoms with Gasteiger partial charge in [-0.1, -0.05) is 149 Å². The number of hydrogen-bond acceptors (Lipinski definition) is 4. The maximum Gasteiger partial charge on any atom is 0.0701 e. The van der Waals surface area contributed by atoms with Crippen LogP contribution in [0.3, 0.4) is 0 Å². The van der Waals surface area contributed by atoms with Gasteiger partial charge in [0.25, 0.3) is 0 Å². The predicted octanol–water partition coefficient (Wildman–Crippen LogP) is 10.1. The van der Waals surface area contributed by atoms with Gasteiger partial charge in [-0.2, -0.15) is 0 Å². The summed E-state index contributed by atoms with van der Waals surface area (Å²) in [5.41, 5.74) is 0. The van der Waals surface area contributed by atoms with Crippen LogP contribution in [0.2, 0.25) is 0 Å². The molecular formula is C33H68O4. The summed E-state index contributed by atoms with van der Waals surface area (Å²) in [6.45, 7) is 10.3. The molecule has 4 heteroatoms. The standard InChI is InChI=1S/C33H68O4/c1-3-5-7-9-11-13-15-16-17-19-21-23-25-27-35-29-31-37-33-32-36-30-28-34-26-24-22-20-18-14-12-10-8-6-4-2/h3-33H2,1-2H3. The van der Waals surface area contributed by atoms with Gasteiger partial charge in [0.15, 0.2) is 0 Å². The van der Waals surface area contributed by atoms with Crippen molar-refractivity contribution in [2.24, 2.45) is 0 Å². The van der Waals surface area contributed by atoms with Gasteiger partial charge in [0.05, 0.1) is 39.6 Å². The Bertz CT molecular complexity index is 343. The first-order valence-corrected chi connectivity index (χ1v) is 16.7. The lowest BCUT2D eigenvalue weighted by Gasteiger charge is -2.08. The molecule has 0 aliphatic rings. The minimum atomic E-state index is 0.639. The topological polar surface area (TPSA) is 36.9 Å². The molecule has 0 heterocycles. The molecular weight excluding hydrogens is 460 g/mol. The molecule has 37 heavy (non-hydrogen) atoms. The lowest BCUT2D eigenvalue weighted by atomic mass is 10.0. The molecule has 0 N–H and O–H groups in total. The molecule has 0 saturated heterocycles. The van der Waals surface area contributed by atoms with Crippen molar-refractivity contribution in [1.29, 1.82) is 0 Å². The van der Waals surface area contributed by atoms with E-state index in [4.69, 9.17) is 18.9 Å². The Morgan fingerprint density at radius 3 is 0.649 bits per heavy atom. The summed E-state index contributed by atoms with van der Waals surface area (Å²) in [5.74, 6) is 0. The molecule has 0 bridgehead atoms. The Kier molecular flexibility index (Phi) is 35.7. The zero-order chi connectivity index (χ0) is 26.7. The minimum Gasteiger partial charge on any atom is -0.379 e.